The number of fused-ring (bicyclic) bond motifs is 3. The van der Waals surface area contributed by atoms with Gasteiger partial charge in [0.05, 0.1) is 26.5 Å². The highest BCUT2D eigenvalue weighted by Crippen LogP contribution is 2.30. The summed E-state index contributed by atoms with van der Waals surface area (Å²) in [5, 5.41) is 12.5. The summed E-state index contributed by atoms with van der Waals surface area (Å²) >= 11 is 3.20. The number of para-hydroxylation sites is 2. The topological polar surface area (TPSA) is 58.2 Å². The van der Waals surface area contributed by atoms with Gasteiger partial charge in [0.25, 0.3) is 0 Å². The Kier molecular flexibility index (Phi) is 4.97. The molecule has 0 bridgehead atoms. The summed E-state index contributed by atoms with van der Waals surface area (Å²) in [7, 11) is 0. The first kappa shape index (κ1) is 17.8. The first-order valence-corrected chi connectivity index (χ1v) is 10.6. The minimum atomic E-state index is 0.208. The summed E-state index contributed by atoms with van der Waals surface area (Å²) in [4.78, 5) is 17.7. The fourth-order valence-electron chi connectivity index (χ4n) is 3.13. The number of pyridine rings is 1. The van der Waals surface area contributed by atoms with Gasteiger partial charge in [0.15, 0.2) is 11.4 Å². The van der Waals surface area contributed by atoms with Crippen LogP contribution in [0.1, 0.15) is 33.6 Å². The number of imidazole rings is 1. The van der Waals surface area contributed by atoms with Gasteiger partial charge in [0.1, 0.15) is 6.07 Å². The molecule has 3 aromatic heterocycles. The largest absolute Gasteiger partial charge is 0.293 e. The van der Waals surface area contributed by atoms with Crippen molar-refractivity contribution in [2.75, 3.05) is 5.75 Å². The summed E-state index contributed by atoms with van der Waals surface area (Å²) in [6.07, 6.45) is 1.37. The number of rotatable bonds is 6. The molecule has 0 unspecified atom stereocenters. The van der Waals surface area contributed by atoms with Crippen LogP contribution in [-0.2, 0) is 0 Å². The highest BCUT2D eigenvalue weighted by atomic mass is 32.2. The number of aromatic nitrogens is 2. The Bertz CT molecular complexity index is 1170. The Hall–Kier alpha value is -2.62. The molecule has 134 valence electrons. The Balaban J connectivity index is 1.60. The van der Waals surface area contributed by atoms with Gasteiger partial charge >= 0.3 is 0 Å². The van der Waals surface area contributed by atoms with Crippen molar-refractivity contribution < 1.29 is 4.79 Å². The minimum Gasteiger partial charge on any atom is -0.293 e. The Morgan fingerprint density at radius 2 is 2.15 bits per heavy atom. The zero-order chi connectivity index (χ0) is 18.8. The van der Waals surface area contributed by atoms with Crippen LogP contribution in [0.15, 0.2) is 52.9 Å². The second-order valence-corrected chi connectivity index (χ2v) is 8.33. The number of nitriles is 1. The summed E-state index contributed by atoms with van der Waals surface area (Å²) in [6.45, 7) is 1.95. The van der Waals surface area contributed by atoms with Gasteiger partial charge in [0, 0.05) is 6.42 Å². The molecule has 4 aromatic rings. The van der Waals surface area contributed by atoms with Crippen LogP contribution in [0.2, 0.25) is 0 Å². The molecule has 0 saturated carbocycles. The lowest BCUT2D eigenvalue weighted by atomic mass is 10.2. The molecule has 0 radical (unpaired) electrons. The average Bonchev–Trinajstić information content (AvgIpc) is 3.33. The van der Waals surface area contributed by atoms with Gasteiger partial charge < -0.3 is 0 Å². The van der Waals surface area contributed by atoms with E-state index in [1.807, 2.05) is 54.8 Å². The van der Waals surface area contributed by atoms with Gasteiger partial charge in [-0.15, -0.1) is 23.1 Å². The molecule has 0 aliphatic heterocycles. The van der Waals surface area contributed by atoms with E-state index in [0.29, 0.717) is 17.6 Å². The van der Waals surface area contributed by atoms with Crippen molar-refractivity contribution in [3.05, 3.63) is 63.8 Å². The van der Waals surface area contributed by atoms with Crippen molar-refractivity contribution in [2.24, 2.45) is 0 Å². The smallest absolute Gasteiger partial charge is 0.172 e. The SMILES string of the molecule is Cc1cc(SCCCC(=O)c2cccs2)n2c(nc3ccccc32)c1C#N. The van der Waals surface area contributed by atoms with Crippen molar-refractivity contribution in [2.45, 2.75) is 24.8 Å². The molecule has 0 amide bonds. The molecule has 3 heterocycles. The molecular formula is C21H17N3OS2. The minimum absolute atomic E-state index is 0.208. The number of carbonyl (C=O) groups excluding carboxylic acids is 1. The monoisotopic (exact) mass is 391 g/mol. The molecule has 1 aromatic carbocycles. The number of ketones is 1. The van der Waals surface area contributed by atoms with E-state index in [2.05, 4.69) is 15.5 Å². The predicted molar refractivity (Wildman–Crippen MR) is 111 cm³/mol. The normalized spacial score (nSPS) is 11.1. The highest BCUT2D eigenvalue weighted by molar-refractivity contribution is 7.99. The van der Waals surface area contributed by atoms with Crippen molar-refractivity contribution in [3.8, 4) is 6.07 Å². The third-order valence-corrected chi connectivity index (χ3v) is 6.44. The number of hydrogen-bond acceptors (Lipinski definition) is 5. The first-order valence-electron chi connectivity index (χ1n) is 8.69. The molecule has 6 heteroatoms. The van der Waals surface area contributed by atoms with Crippen molar-refractivity contribution in [1.29, 1.82) is 5.26 Å². The lowest BCUT2D eigenvalue weighted by molar-refractivity contribution is 0.0986. The van der Waals surface area contributed by atoms with E-state index in [1.54, 1.807) is 11.8 Å². The molecule has 0 spiro atoms. The molecular weight excluding hydrogens is 374 g/mol. The van der Waals surface area contributed by atoms with Crippen LogP contribution in [0.3, 0.4) is 0 Å². The maximum atomic E-state index is 12.2. The molecule has 0 aliphatic rings. The van der Waals surface area contributed by atoms with Crippen LogP contribution in [0.25, 0.3) is 16.7 Å². The number of Topliss-reactive ketones (excluding diaryl/α,β-unsaturated/α-hetero) is 1. The Morgan fingerprint density at radius 3 is 2.93 bits per heavy atom. The van der Waals surface area contributed by atoms with E-state index in [0.717, 1.165) is 38.7 Å². The highest BCUT2D eigenvalue weighted by Gasteiger charge is 2.15. The van der Waals surface area contributed by atoms with E-state index in [-0.39, 0.29) is 5.78 Å². The summed E-state index contributed by atoms with van der Waals surface area (Å²) < 4.78 is 2.06. The molecule has 0 fully saturated rings. The van der Waals surface area contributed by atoms with Crippen LogP contribution >= 0.6 is 23.1 Å². The zero-order valence-electron chi connectivity index (χ0n) is 14.8. The van der Waals surface area contributed by atoms with Crippen molar-refractivity contribution >= 4 is 45.6 Å². The van der Waals surface area contributed by atoms with Crippen molar-refractivity contribution in [3.63, 3.8) is 0 Å². The molecule has 0 N–H and O–H groups in total. The molecule has 0 atom stereocenters. The number of aryl methyl sites for hydroxylation is 1. The third-order valence-electron chi connectivity index (χ3n) is 4.45. The fourth-order valence-corrected chi connectivity index (χ4v) is 4.90. The fraction of sp³-hybridized carbons (Fsp3) is 0.190. The van der Waals surface area contributed by atoms with Gasteiger partial charge in [-0.25, -0.2) is 4.98 Å². The quantitative estimate of drug-likeness (QED) is 0.248. The second-order valence-electron chi connectivity index (χ2n) is 6.26. The third kappa shape index (κ3) is 3.36. The van der Waals surface area contributed by atoms with Crippen LogP contribution in [0.4, 0.5) is 0 Å². The number of thiophene rings is 1. The molecule has 27 heavy (non-hydrogen) atoms. The van der Waals surface area contributed by atoms with E-state index >= 15 is 0 Å². The second kappa shape index (κ2) is 7.55. The van der Waals surface area contributed by atoms with E-state index in [1.165, 1.54) is 11.3 Å². The van der Waals surface area contributed by atoms with Crippen LogP contribution in [0, 0.1) is 18.3 Å². The average molecular weight is 392 g/mol. The number of hydrogen-bond donors (Lipinski definition) is 0. The lowest BCUT2D eigenvalue weighted by Crippen LogP contribution is -1.99. The Labute approximate surface area is 165 Å². The first-order chi connectivity index (χ1) is 13.2. The Morgan fingerprint density at radius 1 is 1.30 bits per heavy atom. The molecule has 4 rings (SSSR count). The number of thioether (sulfide) groups is 1. The molecule has 0 aliphatic carbocycles. The van der Waals surface area contributed by atoms with Crippen LogP contribution < -0.4 is 0 Å². The van der Waals surface area contributed by atoms with Crippen molar-refractivity contribution in [1.82, 2.24) is 9.38 Å². The van der Waals surface area contributed by atoms with E-state index < -0.39 is 0 Å². The maximum Gasteiger partial charge on any atom is 0.172 e. The zero-order valence-corrected chi connectivity index (χ0v) is 16.4. The molecule has 0 saturated heterocycles. The lowest BCUT2D eigenvalue weighted by Gasteiger charge is -2.09. The summed E-state index contributed by atoms with van der Waals surface area (Å²) in [5.74, 6) is 1.05. The maximum absolute atomic E-state index is 12.2. The van der Waals surface area contributed by atoms with E-state index in [9.17, 15) is 10.1 Å². The van der Waals surface area contributed by atoms with Crippen LogP contribution in [-0.4, -0.2) is 20.9 Å². The van der Waals surface area contributed by atoms with Gasteiger partial charge in [-0.1, -0.05) is 18.2 Å². The standard InChI is InChI=1S/C21H17N3OS2/c1-14-12-20(27-11-4-8-18(25)19-9-5-10-26-19)24-17-7-3-2-6-16(17)23-21(24)15(14)13-22/h2-3,5-7,9-10,12H,4,8,11H2,1H3. The van der Waals surface area contributed by atoms with Gasteiger partial charge in [-0.3, -0.25) is 9.20 Å². The summed E-state index contributed by atoms with van der Waals surface area (Å²) in [6, 6.07) is 16.1. The van der Waals surface area contributed by atoms with Gasteiger partial charge in [0.2, 0.25) is 0 Å². The van der Waals surface area contributed by atoms with Gasteiger partial charge in [-0.2, -0.15) is 5.26 Å². The number of benzene rings is 1. The predicted octanol–water partition coefficient (Wildman–Crippen LogP) is 5.48. The van der Waals surface area contributed by atoms with E-state index in [4.69, 9.17) is 0 Å². The number of nitrogens with zero attached hydrogens (tertiary/aromatic N) is 3. The molecule has 4 nitrogen and oxygen atoms in total. The number of carbonyl (C=O) groups is 1. The van der Waals surface area contributed by atoms with Crippen LogP contribution in [0.5, 0.6) is 0 Å². The summed E-state index contributed by atoms with van der Waals surface area (Å²) in [5.41, 5.74) is 4.13. The van der Waals surface area contributed by atoms with Gasteiger partial charge in [-0.05, 0) is 54.3 Å².